The standard InChI is InChI=1S/C14H24N4O4S.ClH/c1-5-16-12-7-6-10(23(20,21)18(2)3)8-13(12)17-14(19)11(15)9-22-4;/h6-8,11,16H,5,9,15H2,1-4H3,(H,17,19);1H. The molecule has 0 aliphatic rings. The van der Waals surface area contributed by atoms with Crippen LogP contribution >= 0.6 is 12.4 Å². The third-order valence-electron chi connectivity index (χ3n) is 3.08. The van der Waals surface area contributed by atoms with Crippen LogP contribution in [0, 0.1) is 0 Å². The normalized spacial score (nSPS) is 12.4. The molecule has 0 saturated carbocycles. The van der Waals surface area contributed by atoms with Crippen LogP contribution in [-0.4, -0.2) is 59.0 Å². The third-order valence-corrected chi connectivity index (χ3v) is 4.89. The minimum absolute atomic E-state index is 0. The molecule has 8 nitrogen and oxygen atoms in total. The van der Waals surface area contributed by atoms with Crippen LogP contribution in [0.2, 0.25) is 0 Å². The van der Waals surface area contributed by atoms with Crippen molar-refractivity contribution in [2.75, 3.05) is 45.0 Å². The third kappa shape index (κ3) is 5.60. The van der Waals surface area contributed by atoms with Crippen molar-refractivity contribution in [3.05, 3.63) is 18.2 Å². The van der Waals surface area contributed by atoms with Crippen LogP contribution in [0.25, 0.3) is 0 Å². The summed E-state index contributed by atoms with van der Waals surface area (Å²) in [4.78, 5) is 12.1. The smallest absolute Gasteiger partial charge is 0.243 e. The van der Waals surface area contributed by atoms with Gasteiger partial charge < -0.3 is 21.1 Å². The number of ether oxygens (including phenoxy) is 1. The topological polar surface area (TPSA) is 114 Å². The van der Waals surface area contributed by atoms with Gasteiger partial charge in [-0.25, -0.2) is 12.7 Å². The van der Waals surface area contributed by atoms with Crippen molar-refractivity contribution in [2.24, 2.45) is 5.73 Å². The van der Waals surface area contributed by atoms with Crippen LogP contribution in [0.3, 0.4) is 0 Å². The van der Waals surface area contributed by atoms with E-state index in [4.69, 9.17) is 10.5 Å². The van der Waals surface area contributed by atoms with E-state index in [0.717, 1.165) is 4.31 Å². The van der Waals surface area contributed by atoms with Gasteiger partial charge in [0.1, 0.15) is 6.04 Å². The van der Waals surface area contributed by atoms with Crippen molar-refractivity contribution in [2.45, 2.75) is 17.9 Å². The van der Waals surface area contributed by atoms with E-state index in [0.29, 0.717) is 17.9 Å². The maximum Gasteiger partial charge on any atom is 0.243 e. The van der Waals surface area contributed by atoms with Gasteiger partial charge in [-0.2, -0.15) is 0 Å². The summed E-state index contributed by atoms with van der Waals surface area (Å²) in [6.45, 7) is 2.58. The second-order valence-corrected chi connectivity index (χ2v) is 7.23. The highest BCUT2D eigenvalue weighted by Gasteiger charge is 2.20. The van der Waals surface area contributed by atoms with Crippen molar-refractivity contribution >= 4 is 39.7 Å². The number of nitrogens with two attached hydrogens (primary N) is 1. The van der Waals surface area contributed by atoms with Gasteiger partial charge in [-0.05, 0) is 25.1 Å². The minimum atomic E-state index is -3.60. The number of amides is 1. The molecule has 0 radical (unpaired) electrons. The Balaban J connectivity index is 0.00000529. The largest absolute Gasteiger partial charge is 0.384 e. The summed E-state index contributed by atoms with van der Waals surface area (Å²) >= 11 is 0. The first kappa shape index (κ1) is 22.6. The molecule has 1 unspecified atom stereocenters. The van der Waals surface area contributed by atoms with Gasteiger partial charge in [0.15, 0.2) is 0 Å². The van der Waals surface area contributed by atoms with E-state index < -0.39 is 22.0 Å². The van der Waals surface area contributed by atoms with E-state index in [1.807, 2.05) is 6.92 Å². The molecule has 0 heterocycles. The number of carbonyl (C=O) groups is 1. The molecular formula is C14H25ClN4O4S. The molecule has 0 fully saturated rings. The van der Waals surface area contributed by atoms with Crippen LogP contribution in [0.15, 0.2) is 23.1 Å². The van der Waals surface area contributed by atoms with E-state index in [9.17, 15) is 13.2 Å². The fraction of sp³-hybridized carbons (Fsp3) is 0.500. The predicted octanol–water partition coefficient (Wildman–Crippen LogP) is 0.703. The molecule has 24 heavy (non-hydrogen) atoms. The van der Waals surface area contributed by atoms with Gasteiger partial charge in [-0.15, -0.1) is 12.4 Å². The Bertz CT molecular complexity index is 652. The van der Waals surface area contributed by atoms with E-state index in [2.05, 4.69) is 10.6 Å². The number of carbonyl (C=O) groups excluding carboxylic acids is 1. The van der Waals surface area contributed by atoms with Crippen LogP contribution in [0.1, 0.15) is 6.92 Å². The molecule has 1 aromatic carbocycles. The zero-order valence-electron chi connectivity index (χ0n) is 14.2. The maximum atomic E-state index is 12.2. The predicted molar refractivity (Wildman–Crippen MR) is 97.2 cm³/mol. The number of hydrogen-bond donors (Lipinski definition) is 3. The Labute approximate surface area is 149 Å². The van der Waals surface area contributed by atoms with Crippen molar-refractivity contribution in [3.8, 4) is 0 Å². The monoisotopic (exact) mass is 380 g/mol. The number of hydrogen-bond acceptors (Lipinski definition) is 6. The highest BCUT2D eigenvalue weighted by atomic mass is 35.5. The lowest BCUT2D eigenvalue weighted by molar-refractivity contribution is -0.118. The average molecular weight is 381 g/mol. The van der Waals surface area contributed by atoms with E-state index in [1.54, 1.807) is 6.07 Å². The zero-order chi connectivity index (χ0) is 17.6. The summed E-state index contributed by atoms with van der Waals surface area (Å²) in [5.74, 6) is -0.453. The van der Waals surface area contributed by atoms with Crippen LogP contribution in [0.4, 0.5) is 11.4 Å². The fourth-order valence-corrected chi connectivity index (χ4v) is 2.75. The van der Waals surface area contributed by atoms with Gasteiger partial charge in [-0.3, -0.25) is 4.79 Å². The Kier molecular flexibility index (Phi) is 9.23. The second kappa shape index (κ2) is 9.80. The second-order valence-electron chi connectivity index (χ2n) is 5.08. The van der Waals surface area contributed by atoms with Crippen LogP contribution in [-0.2, 0) is 19.6 Å². The molecule has 0 aliphatic carbocycles. The molecule has 1 rings (SSSR count). The number of benzene rings is 1. The number of anilines is 2. The van der Waals surface area contributed by atoms with E-state index >= 15 is 0 Å². The lowest BCUT2D eigenvalue weighted by atomic mass is 10.2. The van der Waals surface area contributed by atoms with Gasteiger partial charge in [0, 0.05) is 27.7 Å². The van der Waals surface area contributed by atoms with Crippen molar-refractivity contribution in [3.63, 3.8) is 0 Å². The quantitative estimate of drug-likeness (QED) is 0.611. The molecule has 1 aromatic rings. The molecule has 0 aromatic heterocycles. The molecule has 1 amide bonds. The molecule has 0 aliphatic heterocycles. The molecule has 10 heteroatoms. The first-order chi connectivity index (χ1) is 10.7. The SMILES string of the molecule is CCNc1ccc(S(=O)(=O)N(C)C)cc1NC(=O)C(N)COC.Cl. The van der Waals surface area contributed by atoms with Gasteiger partial charge in [-0.1, -0.05) is 0 Å². The number of nitrogens with one attached hydrogen (secondary N) is 2. The minimum Gasteiger partial charge on any atom is -0.384 e. The van der Waals surface area contributed by atoms with Crippen molar-refractivity contribution in [1.82, 2.24) is 4.31 Å². The van der Waals surface area contributed by atoms with E-state index in [-0.39, 0.29) is 23.9 Å². The first-order valence-corrected chi connectivity index (χ1v) is 8.53. The van der Waals surface area contributed by atoms with Gasteiger partial charge in [0.25, 0.3) is 0 Å². The summed E-state index contributed by atoms with van der Waals surface area (Å²) in [6, 6.07) is 3.66. The number of methoxy groups -OCH3 is 1. The van der Waals surface area contributed by atoms with Crippen molar-refractivity contribution < 1.29 is 17.9 Å². The highest BCUT2D eigenvalue weighted by molar-refractivity contribution is 7.89. The number of sulfonamides is 1. The van der Waals surface area contributed by atoms with Crippen LogP contribution in [0.5, 0.6) is 0 Å². The molecule has 138 valence electrons. The van der Waals surface area contributed by atoms with Gasteiger partial charge >= 0.3 is 0 Å². The number of rotatable bonds is 8. The summed E-state index contributed by atoms with van der Waals surface area (Å²) in [5.41, 5.74) is 6.65. The molecule has 0 spiro atoms. The molecule has 4 N–H and O–H groups in total. The Morgan fingerprint density at radius 3 is 2.46 bits per heavy atom. The Morgan fingerprint density at radius 1 is 1.33 bits per heavy atom. The van der Waals surface area contributed by atoms with Crippen LogP contribution < -0.4 is 16.4 Å². The maximum absolute atomic E-state index is 12.2. The summed E-state index contributed by atoms with van der Waals surface area (Å²) < 4.78 is 30.4. The number of nitrogens with zero attached hydrogens (tertiary/aromatic N) is 1. The van der Waals surface area contributed by atoms with Gasteiger partial charge in [0.05, 0.1) is 22.9 Å². The fourth-order valence-electron chi connectivity index (χ4n) is 1.82. The summed E-state index contributed by atoms with van der Waals surface area (Å²) in [5, 5.41) is 5.71. The lowest BCUT2D eigenvalue weighted by Crippen LogP contribution is -2.39. The Hall–Kier alpha value is -1.39. The average Bonchev–Trinajstić information content (AvgIpc) is 2.49. The lowest BCUT2D eigenvalue weighted by Gasteiger charge is -2.17. The van der Waals surface area contributed by atoms with Gasteiger partial charge in [0.2, 0.25) is 15.9 Å². The Morgan fingerprint density at radius 2 is 1.96 bits per heavy atom. The number of halogens is 1. The van der Waals surface area contributed by atoms with Crippen molar-refractivity contribution in [1.29, 1.82) is 0 Å². The van der Waals surface area contributed by atoms with E-state index in [1.165, 1.54) is 33.3 Å². The highest BCUT2D eigenvalue weighted by Crippen LogP contribution is 2.26. The molecule has 0 saturated heterocycles. The summed E-state index contributed by atoms with van der Waals surface area (Å²) in [7, 11) is 0.736. The molecular weight excluding hydrogens is 356 g/mol. The zero-order valence-corrected chi connectivity index (χ0v) is 15.8. The molecule has 1 atom stereocenters. The molecule has 0 bridgehead atoms. The first-order valence-electron chi connectivity index (χ1n) is 7.09. The summed E-state index contributed by atoms with van der Waals surface area (Å²) in [6.07, 6.45) is 0.